The molecule has 0 spiro atoms. The molecule has 0 radical (unpaired) electrons. The minimum Gasteiger partial charge on any atom is -0.454 e. The number of hydrogen-bond donors (Lipinski definition) is 0. The van der Waals surface area contributed by atoms with Crippen LogP contribution in [0.5, 0.6) is 0 Å². The van der Waals surface area contributed by atoms with E-state index < -0.39 is 0 Å². The van der Waals surface area contributed by atoms with Gasteiger partial charge in [0.2, 0.25) is 0 Å². The number of para-hydroxylation sites is 2. The average Bonchev–Trinajstić information content (AvgIpc) is 3.96. The predicted molar refractivity (Wildman–Crippen MR) is 296 cm³/mol. The summed E-state index contributed by atoms with van der Waals surface area (Å²) in [6.45, 7) is 19.0. The number of thiophene rings is 1. The summed E-state index contributed by atoms with van der Waals surface area (Å²) in [6.07, 6.45) is 4.84. The Bertz CT molecular complexity index is 3850. The summed E-state index contributed by atoms with van der Waals surface area (Å²) in [5, 5.41) is 4.89. The molecule has 3 aliphatic heterocycles. The van der Waals surface area contributed by atoms with Crippen molar-refractivity contribution in [3.63, 3.8) is 0 Å². The van der Waals surface area contributed by atoms with Crippen LogP contribution >= 0.6 is 11.3 Å². The van der Waals surface area contributed by atoms with Gasteiger partial charge in [-0.3, -0.25) is 0 Å². The molecule has 8 aromatic carbocycles. The molecule has 1 aliphatic carbocycles. The van der Waals surface area contributed by atoms with Gasteiger partial charge in [-0.05, 0) is 163 Å². The van der Waals surface area contributed by atoms with Crippen LogP contribution in [0.25, 0.3) is 42.1 Å². The monoisotopic (exact) mass is 913 g/mol. The van der Waals surface area contributed by atoms with E-state index in [2.05, 4.69) is 216 Å². The highest BCUT2D eigenvalue weighted by Crippen LogP contribution is 2.62. The van der Waals surface area contributed by atoms with Crippen molar-refractivity contribution in [3.8, 4) is 0 Å². The van der Waals surface area contributed by atoms with Gasteiger partial charge < -0.3 is 19.1 Å². The number of furan rings is 1. The molecule has 2 unspecified atom stereocenters. The lowest BCUT2D eigenvalue weighted by molar-refractivity contribution is 0.194. The van der Waals surface area contributed by atoms with Crippen molar-refractivity contribution in [2.24, 2.45) is 0 Å². The maximum absolute atomic E-state index is 7.00. The van der Waals surface area contributed by atoms with E-state index in [-0.39, 0.29) is 23.1 Å². The summed E-state index contributed by atoms with van der Waals surface area (Å²) in [5.41, 5.74) is 22.3. The molecule has 0 bridgehead atoms. The van der Waals surface area contributed by atoms with Crippen LogP contribution in [0.4, 0.5) is 45.5 Å². The largest absolute Gasteiger partial charge is 0.454 e. The number of rotatable bonds is 3. The highest BCUT2D eigenvalue weighted by atomic mass is 32.1. The molecule has 338 valence electrons. The lowest BCUT2D eigenvalue weighted by Gasteiger charge is -2.51. The number of anilines is 8. The number of benzene rings is 8. The van der Waals surface area contributed by atoms with Crippen molar-refractivity contribution in [2.75, 3.05) is 14.7 Å². The van der Waals surface area contributed by atoms with Crippen molar-refractivity contribution in [1.82, 2.24) is 0 Å². The highest BCUT2D eigenvalue weighted by molar-refractivity contribution is 7.25. The molecule has 1 fully saturated rings. The molecule has 69 heavy (non-hydrogen) atoms. The molecule has 6 heteroatoms. The number of fused-ring (bicyclic) bond motifs is 13. The first kappa shape index (κ1) is 41.2. The minimum atomic E-state index is -0.0868. The molecular formula is C63H56BN3OS. The Hall–Kier alpha value is -6.76. The van der Waals surface area contributed by atoms with Gasteiger partial charge in [-0.2, -0.15) is 0 Å². The fourth-order valence-electron chi connectivity index (χ4n) is 13.8. The SMILES string of the molecule is Cc1cc2c3c(c1)N(c1cccc4c1oc1ccccc14)c1cc(N4c5cc(C)cc(C)c5C5(C)CCCCC45C)ccc1B3c1ccc(C(C)(C)C)cc1N2c1ccc2sc3ccccc3c2c1. The van der Waals surface area contributed by atoms with Gasteiger partial charge in [0.1, 0.15) is 5.58 Å². The van der Waals surface area contributed by atoms with Crippen LogP contribution in [-0.2, 0) is 10.8 Å². The van der Waals surface area contributed by atoms with E-state index in [4.69, 9.17) is 4.42 Å². The third kappa shape index (κ3) is 5.58. The zero-order valence-corrected chi connectivity index (χ0v) is 41.7. The van der Waals surface area contributed by atoms with Crippen LogP contribution in [0.15, 0.2) is 150 Å². The summed E-state index contributed by atoms with van der Waals surface area (Å²) >= 11 is 1.88. The Labute approximate surface area is 409 Å². The average molecular weight is 914 g/mol. The van der Waals surface area contributed by atoms with E-state index in [1.165, 1.54) is 123 Å². The molecule has 4 aliphatic rings. The summed E-state index contributed by atoms with van der Waals surface area (Å²) in [4.78, 5) is 7.94. The van der Waals surface area contributed by atoms with Crippen LogP contribution in [0.1, 0.15) is 88.1 Å². The second-order valence-corrected chi connectivity index (χ2v) is 23.3. The normalized spacial score (nSPS) is 19.4. The van der Waals surface area contributed by atoms with Gasteiger partial charge in [0.25, 0.3) is 6.71 Å². The fourth-order valence-corrected chi connectivity index (χ4v) is 14.9. The van der Waals surface area contributed by atoms with Gasteiger partial charge in [0, 0.05) is 76.2 Å². The predicted octanol–water partition coefficient (Wildman–Crippen LogP) is 16.0. The highest BCUT2D eigenvalue weighted by Gasteiger charge is 2.58. The first-order valence-corrected chi connectivity index (χ1v) is 25.9. The standard InChI is InChI=1S/C63H56BN3OS/c1-37-30-39(3)58-52(31-37)67(63(8)29-14-13-28-62(58,63)7)42-23-26-48-51(36-42)66(49-19-15-18-45-43-16-9-11-20-55(43)68-60(45)49)54-33-38(2)32-53-59(54)64(48)47-25-22-40(61(4,5)6)34-50(47)65(53)41-24-27-57-46(35-41)44-17-10-12-21-56(44)69-57/h9-12,15-27,30-36H,13-14,28-29H2,1-8H3. The number of aryl methyl sites for hydroxylation is 3. The summed E-state index contributed by atoms with van der Waals surface area (Å²) in [5.74, 6) is 0. The molecular weight excluding hydrogens is 858 g/mol. The molecule has 5 heterocycles. The van der Waals surface area contributed by atoms with Gasteiger partial charge in [-0.15, -0.1) is 11.3 Å². The van der Waals surface area contributed by atoms with Crippen molar-refractivity contribution in [3.05, 3.63) is 173 Å². The fraction of sp³-hybridized carbons (Fsp3) is 0.238. The van der Waals surface area contributed by atoms with Gasteiger partial charge in [-0.25, -0.2) is 0 Å². The lowest BCUT2D eigenvalue weighted by atomic mass is 9.33. The Morgan fingerprint density at radius 2 is 1.22 bits per heavy atom. The van der Waals surface area contributed by atoms with E-state index in [0.717, 1.165) is 34.0 Å². The van der Waals surface area contributed by atoms with Crippen LogP contribution < -0.4 is 31.1 Å². The molecule has 2 atom stereocenters. The van der Waals surface area contributed by atoms with Gasteiger partial charge in [0.15, 0.2) is 5.58 Å². The summed E-state index contributed by atoms with van der Waals surface area (Å²) in [7, 11) is 0. The molecule has 10 aromatic rings. The molecule has 0 amide bonds. The summed E-state index contributed by atoms with van der Waals surface area (Å²) in [6, 6.07) is 55.9. The molecule has 0 saturated heterocycles. The van der Waals surface area contributed by atoms with Crippen molar-refractivity contribution < 1.29 is 4.42 Å². The second-order valence-electron chi connectivity index (χ2n) is 22.2. The molecule has 2 aromatic heterocycles. The van der Waals surface area contributed by atoms with Gasteiger partial charge in [0.05, 0.1) is 11.2 Å². The topological polar surface area (TPSA) is 22.9 Å². The zero-order chi connectivity index (χ0) is 46.9. The maximum Gasteiger partial charge on any atom is 0.252 e. The Kier molecular flexibility index (Phi) is 8.47. The van der Waals surface area contributed by atoms with E-state index in [1.54, 1.807) is 0 Å². The second kappa shape index (κ2) is 14.2. The molecule has 0 N–H and O–H groups in total. The zero-order valence-electron chi connectivity index (χ0n) is 40.9. The third-order valence-electron chi connectivity index (χ3n) is 17.1. The summed E-state index contributed by atoms with van der Waals surface area (Å²) < 4.78 is 9.63. The van der Waals surface area contributed by atoms with E-state index in [1.807, 2.05) is 11.3 Å². The van der Waals surface area contributed by atoms with E-state index in [9.17, 15) is 0 Å². The Balaban J connectivity index is 1.07. The van der Waals surface area contributed by atoms with Crippen molar-refractivity contribution >= 4 is 122 Å². The molecule has 1 saturated carbocycles. The smallest absolute Gasteiger partial charge is 0.252 e. The van der Waals surface area contributed by atoms with Gasteiger partial charge >= 0.3 is 0 Å². The first-order chi connectivity index (χ1) is 33.3. The third-order valence-corrected chi connectivity index (χ3v) is 18.2. The number of hydrogen-bond acceptors (Lipinski definition) is 5. The lowest BCUT2D eigenvalue weighted by Crippen LogP contribution is -2.61. The first-order valence-electron chi connectivity index (χ1n) is 25.1. The quantitative estimate of drug-likeness (QED) is 0.165. The van der Waals surface area contributed by atoms with E-state index >= 15 is 0 Å². The van der Waals surface area contributed by atoms with E-state index in [0.29, 0.717) is 0 Å². The Morgan fingerprint density at radius 1 is 0.551 bits per heavy atom. The van der Waals surface area contributed by atoms with Crippen LogP contribution in [0.3, 0.4) is 0 Å². The van der Waals surface area contributed by atoms with Crippen LogP contribution in [0, 0.1) is 20.8 Å². The maximum atomic E-state index is 7.00. The molecule has 14 rings (SSSR count). The van der Waals surface area contributed by atoms with Crippen LogP contribution in [-0.4, -0.2) is 12.3 Å². The number of nitrogens with zero attached hydrogens (tertiary/aromatic N) is 3. The van der Waals surface area contributed by atoms with Crippen molar-refractivity contribution in [1.29, 1.82) is 0 Å². The van der Waals surface area contributed by atoms with Crippen LogP contribution in [0.2, 0.25) is 0 Å². The minimum absolute atomic E-state index is 0.0114. The van der Waals surface area contributed by atoms with Gasteiger partial charge in [-0.1, -0.05) is 113 Å². The Morgan fingerprint density at radius 3 is 2.04 bits per heavy atom. The molecule has 4 nitrogen and oxygen atoms in total. The van der Waals surface area contributed by atoms with Crippen molar-refractivity contribution in [2.45, 2.75) is 97.4 Å².